The molecule has 1 aliphatic heterocycles. The minimum Gasteiger partial charge on any atom is -0.397 e. The van der Waals surface area contributed by atoms with Crippen molar-refractivity contribution in [2.45, 2.75) is 19.9 Å². The maximum absolute atomic E-state index is 12.6. The average Bonchev–Trinajstić information content (AvgIpc) is 2.81. The number of nitrogens with zero attached hydrogens (tertiary/aromatic N) is 3. The second-order valence-electron chi connectivity index (χ2n) is 5.12. The molecule has 2 rings (SSSR count). The Hall–Kier alpha value is -1.93. The molecule has 0 bridgehead atoms. The number of hydrogen-bond donors (Lipinski definition) is 1. The predicted octanol–water partition coefficient (Wildman–Crippen LogP) is 0.871. The van der Waals surface area contributed by atoms with Gasteiger partial charge in [-0.05, 0) is 12.5 Å². The van der Waals surface area contributed by atoms with E-state index in [-0.39, 0.29) is 5.91 Å². The van der Waals surface area contributed by atoms with Gasteiger partial charge in [0.15, 0.2) is 0 Å². The summed E-state index contributed by atoms with van der Waals surface area (Å²) in [5.41, 5.74) is 7.15. The van der Waals surface area contributed by atoms with Gasteiger partial charge in [0.05, 0.1) is 12.2 Å². The van der Waals surface area contributed by atoms with Crippen LogP contribution in [-0.4, -0.2) is 53.0 Å². The van der Waals surface area contributed by atoms with Gasteiger partial charge < -0.3 is 15.2 Å². The lowest BCUT2D eigenvalue weighted by molar-refractivity contribution is 0.0641. The van der Waals surface area contributed by atoms with E-state index in [1.54, 1.807) is 6.07 Å². The van der Waals surface area contributed by atoms with Crippen LogP contribution in [0.15, 0.2) is 12.3 Å². The zero-order valence-electron chi connectivity index (χ0n) is 12.0. The van der Waals surface area contributed by atoms with Crippen molar-refractivity contribution in [1.82, 2.24) is 14.4 Å². The molecule has 1 aliphatic rings. The molecule has 1 aromatic heterocycles. The van der Waals surface area contributed by atoms with E-state index in [0.717, 1.165) is 39.1 Å². The monoisotopic (exact) mass is 274 g/mol. The van der Waals surface area contributed by atoms with E-state index in [1.807, 2.05) is 15.7 Å². The molecule has 2 N–H and O–H groups in total. The van der Waals surface area contributed by atoms with Crippen molar-refractivity contribution >= 4 is 11.6 Å². The molecule has 5 nitrogen and oxygen atoms in total. The first-order valence-corrected chi connectivity index (χ1v) is 7.06. The molecule has 1 aromatic rings. The minimum absolute atomic E-state index is 0.0653. The smallest absolute Gasteiger partial charge is 0.270 e. The highest BCUT2D eigenvalue weighted by molar-refractivity contribution is 5.94. The number of carbonyl (C=O) groups is 1. The van der Waals surface area contributed by atoms with Crippen LogP contribution < -0.4 is 5.73 Å². The van der Waals surface area contributed by atoms with Crippen LogP contribution in [0.3, 0.4) is 0 Å². The average molecular weight is 274 g/mol. The summed E-state index contributed by atoms with van der Waals surface area (Å²) < 4.78 is 1.95. The lowest BCUT2D eigenvalue weighted by Crippen LogP contribution is -2.49. The van der Waals surface area contributed by atoms with Crippen molar-refractivity contribution in [3.63, 3.8) is 0 Å². The molecule has 1 amide bonds. The van der Waals surface area contributed by atoms with Gasteiger partial charge in [0, 0.05) is 38.9 Å². The number of amides is 1. The van der Waals surface area contributed by atoms with Gasteiger partial charge in [0.1, 0.15) is 5.69 Å². The SMILES string of the molecule is C#CCN1CCN(C(=O)c2cc(N)cn2CCC)CC1. The molecule has 0 unspecified atom stereocenters. The first-order chi connectivity index (χ1) is 9.65. The number of rotatable bonds is 4. The maximum atomic E-state index is 12.6. The second kappa shape index (κ2) is 6.49. The number of piperazine rings is 1. The fourth-order valence-corrected chi connectivity index (χ4v) is 2.54. The number of carbonyl (C=O) groups excluding carboxylic acids is 1. The molecule has 0 aliphatic carbocycles. The van der Waals surface area contributed by atoms with Crippen LogP contribution in [0.25, 0.3) is 0 Å². The second-order valence-corrected chi connectivity index (χ2v) is 5.12. The summed E-state index contributed by atoms with van der Waals surface area (Å²) in [4.78, 5) is 16.6. The summed E-state index contributed by atoms with van der Waals surface area (Å²) in [5, 5.41) is 0. The summed E-state index contributed by atoms with van der Waals surface area (Å²) >= 11 is 0. The molecular formula is C15H22N4O. The summed E-state index contributed by atoms with van der Waals surface area (Å²) in [5.74, 6) is 2.71. The molecule has 5 heteroatoms. The van der Waals surface area contributed by atoms with E-state index in [4.69, 9.17) is 12.2 Å². The van der Waals surface area contributed by atoms with Crippen molar-refractivity contribution in [3.05, 3.63) is 18.0 Å². The maximum Gasteiger partial charge on any atom is 0.270 e. The Balaban J connectivity index is 2.04. The van der Waals surface area contributed by atoms with Gasteiger partial charge in [0.25, 0.3) is 5.91 Å². The minimum atomic E-state index is 0.0653. The van der Waals surface area contributed by atoms with Crippen LogP contribution in [-0.2, 0) is 6.54 Å². The third kappa shape index (κ3) is 3.14. The molecular weight excluding hydrogens is 252 g/mol. The van der Waals surface area contributed by atoms with Crippen LogP contribution in [0.2, 0.25) is 0 Å². The normalized spacial score (nSPS) is 16.1. The van der Waals surface area contributed by atoms with Crippen molar-refractivity contribution in [2.75, 3.05) is 38.5 Å². The van der Waals surface area contributed by atoms with Gasteiger partial charge in [-0.1, -0.05) is 12.8 Å². The van der Waals surface area contributed by atoms with E-state index < -0.39 is 0 Å². The molecule has 2 heterocycles. The van der Waals surface area contributed by atoms with Crippen molar-refractivity contribution in [3.8, 4) is 12.3 Å². The summed E-state index contributed by atoms with van der Waals surface area (Å²) in [6.07, 6.45) is 8.13. The van der Waals surface area contributed by atoms with E-state index in [9.17, 15) is 4.79 Å². The Morgan fingerprint density at radius 2 is 2.10 bits per heavy atom. The van der Waals surface area contributed by atoms with E-state index in [2.05, 4.69) is 17.7 Å². The fraction of sp³-hybridized carbons (Fsp3) is 0.533. The number of aryl methyl sites for hydroxylation is 1. The lowest BCUT2D eigenvalue weighted by Gasteiger charge is -2.33. The predicted molar refractivity (Wildman–Crippen MR) is 80.3 cm³/mol. The molecule has 0 radical (unpaired) electrons. The Labute approximate surface area is 120 Å². The van der Waals surface area contributed by atoms with Gasteiger partial charge in [0.2, 0.25) is 0 Å². The third-order valence-corrected chi connectivity index (χ3v) is 3.58. The molecule has 0 atom stereocenters. The van der Waals surface area contributed by atoms with E-state index in [0.29, 0.717) is 17.9 Å². The fourth-order valence-electron chi connectivity index (χ4n) is 2.54. The first-order valence-electron chi connectivity index (χ1n) is 7.06. The van der Waals surface area contributed by atoms with Crippen LogP contribution in [0.5, 0.6) is 0 Å². The first kappa shape index (κ1) is 14.5. The zero-order valence-corrected chi connectivity index (χ0v) is 12.0. The highest BCUT2D eigenvalue weighted by Crippen LogP contribution is 2.15. The lowest BCUT2D eigenvalue weighted by atomic mass is 10.2. The van der Waals surface area contributed by atoms with Gasteiger partial charge in [-0.15, -0.1) is 6.42 Å². The Kier molecular flexibility index (Phi) is 4.70. The standard InChI is InChI=1S/C15H22N4O/c1-3-5-17-7-9-18(10-8-17)15(20)14-11-13(16)12-19(14)6-4-2/h1,11-12H,4-10,16H2,2H3. The van der Waals surface area contributed by atoms with Crippen molar-refractivity contribution in [1.29, 1.82) is 0 Å². The molecule has 0 saturated carbocycles. The highest BCUT2D eigenvalue weighted by atomic mass is 16.2. The molecule has 108 valence electrons. The largest absolute Gasteiger partial charge is 0.397 e. The van der Waals surface area contributed by atoms with Gasteiger partial charge >= 0.3 is 0 Å². The number of nitrogen functional groups attached to an aromatic ring is 1. The number of anilines is 1. The quantitative estimate of drug-likeness (QED) is 0.829. The van der Waals surface area contributed by atoms with Gasteiger partial charge in [-0.25, -0.2) is 0 Å². The molecule has 1 saturated heterocycles. The van der Waals surface area contributed by atoms with Crippen LogP contribution >= 0.6 is 0 Å². The number of terminal acetylenes is 1. The molecule has 0 aromatic carbocycles. The van der Waals surface area contributed by atoms with Crippen LogP contribution in [0.4, 0.5) is 5.69 Å². The Morgan fingerprint density at radius 1 is 1.40 bits per heavy atom. The summed E-state index contributed by atoms with van der Waals surface area (Å²) in [6, 6.07) is 1.77. The van der Waals surface area contributed by atoms with E-state index in [1.165, 1.54) is 0 Å². The topological polar surface area (TPSA) is 54.5 Å². The van der Waals surface area contributed by atoms with Crippen LogP contribution in [0.1, 0.15) is 23.8 Å². The number of aromatic nitrogens is 1. The summed E-state index contributed by atoms with van der Waals surface area (Å²) in [6.45, 7) is 6.66. The number of hydrogen-bond acceptors (Lipinski definition) is 3. The highest BCUT2D eigenvalue weighted by Gasteiger charge is 2.23. The van der Waals surface area contributed by atoms with Crippen LogP contribution in [0, 0.1) is 12.3 Å². The third-order valence-electron chi connectivity index (χ3n) is 3.58. The van der Waals surface area contributed by atoms with Crippen molar-refractivity contribution < 1.29 is 4.79 Å². The van der Waals surface area contributed by atoms with Gasteiger partial charge in [-0.3, -0.25) is 9.69 Å². The number of nitrogens with two attached hydrogens (primary N) is 1. The molecule has 1 fully saturated rings. The van der Waals surface area contributed by atoms with E-state index >= 15 is 0 Å². The van der Waals surface area contributed by atoms with Crippen molar-refractivity contribution in [2.24, 2.45) is 0 Å². The van der Waals surface area contributed by atoms with Gasteiger partial charge in [-0.2, -0.15) is 0 Å². The molecule has 0 spiro atoms. The molecule has 20 heavy (non-hydrogen) atoms. The Morgan fingerprint density at radius 3 is 2.70 bits per heavy atom. The Bertz CT molecular complexity index is 506. The summed E-state index contributed by atoms with van der Waals surface area (Å²) in [7, 11) is 0. The zero-order chi connectivity index (χ0) is 14.5.